The van der Waals surface area contributed by atoms with Crippen molar-refractivity contribution in [1.29, 1.82) is 0 Å². The van der Waals surface area contributed by atoms with Gasteiger partial charge in [-0.3, -0.25) is 4.31 Å². The van der Waals surface area contributed by atoms with Crippen LogP contribution in [0.25, 0.3) is 11.6 Å². The number of allylic oxidation sites excluding steroid dienone is 1. The molecule has 0 aliphatic carbocycles. The average molecular weight is 539 g/mol. The fraction of sp³-hybridized carbons (Fsp3) is 0.231. The van der Waals surface area contributed by atoms with E-state index in [9.17, 15) is 26.0 Å². The number of sulfonamides is 1. The molecule has 4 rings (SSSR count). The summed E-state index contributed by atoms with van der Waals surface area (Å²) in [6.07, 6.45) is -2.65. The van der Waals surface area contributed by atoms with E-state index in [1.54, 1.807) is 44.2 Å². The maximum Gasteiger partial charge on any atom is 0.416 e. The van der Waals surface area contributed by atoms with Crippen LogP contribution in [0.4, 0.5) is 23.2 Å². The molecule has 0 radical (unpaired) electrons. The van der Waals surface area contributed by atoms with Crippen LogP contribution < -0.4 is 10.0 Å². The second-order valence-corrected chi connectivity index (χ2v) is 11.0. The van der Waals surface area contributed by atoms with E-state index in [0.29, 0.717) is 34.9 Å². The molecule has 1 aliphatic heterocycles. The maximum absolute atomic E-state index is 14.4. The van der Waals surface area contributed by atoms with Crippen LogP contribution >= 0.6 is 11.6 Å². The van der Waals surface area contributed by atoms with Gasteiger partial charge in [-0.1, -0.05) is 41.9 Å². The van der Waals surface area contributed by atoms with E-state index in [4.69, 9.17) is 17.3 Å². The number of hydrogen-bond donors (Lipinski definition) is 1. The Morgan fingerprint density at radius 1 is 1.11 bits per heavy atom. The van der Waals surface area contributed by atoms with E-state index >= 15 is 0 Å². The molecule has 1 heterocycles. The van der Waals surface area contributed by atoms with Crippen molar-refractivity contribution < 1.29 is 26.0 Å². The number of hydrogen-bond acceptors (Lipinski definition) is 3. The predicted octanol–water partition coefficient (Wildman–Crippen LogP) is 6.53. The molecule has 0 spiro atoms. The molecule has 4 nitrogen and oxygen atoms in total. The fourth-order valence-electron chi connectivity index (χ4n) is 4.36. The van der Waals surface area contributed by atoms with Crippen LogP contribution in [0.3, 0.4) is 0 Å². The standard InChI is InChI=1S/C26H23ClF4N2O2S/c1-15(25-21(27)7-4-8-22(25)28)11-17-9-10-18-13-23(32)16(2)33(24(18)12-17)36(34,35)20-6-3-5-19(14-20)26(29,30)31/h3-12,14,16,23H,13,32H2,1-2H3/b15-11+/t16-,23-/m1/s1. The minimum atomic E-state index is -4.70. The van der Waals surface area contributed by atoms with Gasteiger partial charge in [-0.25, -0.2) is 12.8 Å². The van der Waals surface area contributed by atoms with Crippen LogP contribution in [0.15, 0.2) is 65.6 Å². The van der Waals surface area contributed by atoms with Crippen LogP contribution in [0, 0.1) is 5.82 Å². The number of nitrogens with zero attached hydrogens (tertiary/aromatic N) is 1. The molecule has 0 bridgehead atoms. The van der Waals surface area contributed by atoms with Gasteiger partial charge in [0.1, 0.15) is 5.82 Å². The Bertz CT molecular complexity index is 1430. The first-order chi connectivity index (χ1) is 16.8. The first kappa shape index (κ1) is 26.2. The van der Waals surface area contributed by atoms with Crippen molar-refractivity contribution in [1.82, 2.24) is 0 Å². The van der Waals surface area contributed by atoms with Crippen molar-refractivity contribution in [3.8, 4) is 0 Å². The number of fused-ring (bicyclic) bond motifs is 1. The molecule has 3 aromatic rings. The van der Waals surface area contributed by atoms with E-state index in [1.807, 2.05) is 0 Å². The maximum atomic E-state index is 14.4. The normalized spacial score (nSPS) is 18.8. The molecule has 0 saturated carbocycles. The van der Waals surface area contributed by atoms with Crippen molar-refractivity contribution in [2.75, 3.05) is 4.31 Å². The van der Waals surface area contributed by atoms with Gasteiger partial charge in [0, 0.05) is 11.6 Å². The molecule has 10 heteroatoms. The van der Waals surface area contributed by atoms with Gasteiger partial charge in [-0.2, -0.15) is 13.2 Å². The second kappa shape index (κ2) is 9.53. The SMILES string of the molecule is C/C(=C\c1ccc2c(c1)N(S(=O)(=O)c1cccc(C(F)(F)F)c1)[C@H](C)[C@H](N)C2)c1c(F)cccc1Cl. The van der Waals surface area contributed by atoms with Crippen molar-refractivity contribution in [3.63, 3.8) is 0 Å². The first-order valence-electron chi connectivity index (χ1n) is 11.0. The Hall–Kier alpha value is -2.88. The first-order valence-corrected chi connectivity index (χ1v) is 12.9. The summed E-state index contributed by atoms with van der Waals surface area (Å²) in [5.74, 6) is -0.498. The highest BCUT2D eigenvalue weighted by atomic mass is 35.5. The Labute approximate surface area is 212 Å². The van der Waals surface area contributed by atoms with Crippen LogP contribution in [0.5, 0.6) is 0 Å². The minimum Gasteiger partial charge on any atom is -0.326 e. The van der Waals surface area contributed by atoms with Crippen LogP contribution in [0.1, 0.15) is 36.1 Å². The molecular formula is C26H23ClF4N2O2S. The highest BCUT2D eigenvalue weighted by Gasteiger charge is 2.39. The molecule has 0 unspecified atom stereocenters. The van der Waals surface area contributed by atoms with Gasteiger partial charge in [-0.15, -0.1) is 0 Å². The summed E-state index contributed by atoms with van der Waals surface area (Å²) < 4.78 is 82.6. The molecule has 0 fully saturated rings. The molecule has 0 saturated heterocycles. The smallest absolute Gasteiger partial charge is 0.326 e. The van der Waals surface area contributed by atoms with Gasteiger partial charge < -0.3 is 5.73 Å². The van der Waals surface area contributed by atoms with Crippen LogP contribution in [-0.4, -0.2) is 20.5 Å². The molecule has 0 aromatic heterocycles. The lowest BCUT2D eigenvalue weighted by atomic mass is 9.93. The zero-order chi connectivity index (χ0) is 26.4. The lowest BCUT2D eigenvalue weighted by molar-refractivity contribution is -0.137. The summed E-state index contributed by atoms with van der Waals surface area (Å²) in [5.41, 5.74) is 7.42. The van der Waals surface area contributed by atoms with Crippen molar-refractivity contribution in [2.24, 2.45) is 5.73 Å². The largest absolute Gasteiger partial charge is 0.416 e. The van der Waals surface area contributed by atoms with Gasteiger partial charge in [-0.05, 0) is 73.4 Å². The van der Waals surface area contributed by atoms with Crippen LogP contribution in [0.2, 0.25) is 5.02 Å². The van der Waals surface area contributed by atoms with E-state index in [-0.39, 0.29) is 10.6 Å². The van der Waals surface area contributed by atoms with Crippen molar-refractivity contribution in [3.05, 3.63) is 93.8 Å². The van der Waals surface area contributed by atoms with Gasteiger partial charge in [0.05, 0.1) is 27.2 Å². The number of benzene rings is 3. The zero-order valence-electron chi connectivity index (χ0n) is 19.4. The number of anilines is 1. The molecule has 2 atom stereocenters. The van der Waals surface area contributed by atoms with Gasteiger partial charge in [0.25, 0.3) is 10.0 Å². The second-order valence-electron chi connectivity index (χ2n) is 8.75. The highest BCUT2D eigenvalue weighted by molar-refractivity contribution is 7.92. The van der Waals surface area contributed by atoms with Gasteiger partial charge in [0.2, 0.25) is 0 Å². The minimum absolute atomic E-state index is 0.223. The lowest BCUT2D eigenvalue weighted by Crippen LogP contribution is -2.53. The molecular weight excluding hydrogens is 516 g/mol. The molecule has 190 valence electrons. The summed E-state index contributed by atoms with van der Waals surface area (Å²) in [5, 5.41) is 0.232. The summed E-state index contributed by atoms with van der Waals surface area (Å²) in [6, 6.07) is 11.8. The lowest BCUT2D eigenvalue weighted by Gasteiger charge is -2.39. The molecule has 3 aromatic carbocycles. The molecule has 1 aliphatic rings. The number of alkyl halides is 3. The Morgan fingerprint density at radius 3 is 2.47 bits per heavy atom. The highest BCUT2D eigenvalue weighted by Crippen LogP contribution is 2.38. The number of nitrogens with two attached hydrogens (primary N) is 1. The molecule has 36 heavy (non-hydrogen) atoms. The van der Waals surface area contributed by atoms with E-state index < -0.39 is 44.6 Å². The Balaban J connectivity index is 1.83. The Kier molecular flexibility index (Phi) is 6.94. The van der Waals surface area contributed by atoms with E-state index in [2.05, 4.69) is 0 Å². The molecule has 0 amide bonds. The third-order valence-electron chi connectivity index (χ3n) is 6.25. The monoisotopic (exact) mass is 538 g/mol. The van der Waals surface area contributed by atoms with Gasteiger partial charge >= 0.3 is 6.18 Å². The Morgan fingerprint density at radius 2 is 1.81 bits per heavy atom. The van der Waals surface area contributed by atoms with Gasteiger partial charge in [0.15, 0.2) is 0 Å². The van der Waals surface area contributed by atoms with E-state index in [0.717, 1.165) is 22.5 Å². The summed E-state index contributed by atoms with van der Waals surface area (Å²) in [4.78, 5) is -0.487. The van der Waals surface area contributed by atoms with E-state index in [1.165, 1.54) is 12.1 Å². The summed E-state index contributed by atoms with van der Waals surface area (Å²) >= 11 is 6.17. The predicted molar refractivity (Wildman–Crippen MR) is 134 cm³/mol. The zero-order valence-corrected chi connectivity index (χ0v) is 20.9. The topological polar surface area (TPSA) is 63.4 Å². The fourth-order valence-corrected chi connectivity index (χ4v) is 6.45. The third kappa shape index (κ3) is 4.87. The average Bonchev–Trinajstić information content (AvgIpc) is 2.79. The number of rotatable bonds is 4. The van der Waals surface area contributed by atoms with Crippen LogP contribution in [-0.2, 0) is 22.6 Å². The third-order valence-corrected chi connectivity index (χ3v) is 8.46. The van der Waals surface area contributed by atoms with Crippen molar-refractivity contribution in [2.45, 2.75) is 43.4 Å². The summed E-state index contributed by atoms with van der Waals surface area (Å²) in [7, 11) is -4.40. The number of halogens is 5. The molecule has 2 N–H and O–H groups in total. The quantitative estimate of drug-likeness (QED) is 0.303. The van der Waals surface area contributed by atoms with Crippen molar-refractivity contribution >= 4 is 39.0 Å². The summed E-state index contributed by atoms with van der Waals surface area (Å²) in [6.45, 7) is 3.30.